The van der Waals surface area contributed by atoms with Crippen LogP contribution in [0, 0.1) is 0 Å². The summed E-state index contributed by atoms with van der Waals surface area (Å²) in [5.74, 6) is -0.737. The second-order valence-corrected chi connectivity index (χ2v) is 9.37. The van der Waals surface area contributed by atoms with E-state index in [2.05, 4.69) is 15.3 Å². The predicted molar refractivity (Wildman–Crippen MR) is 115 cm³/mol. The van der Waals surface area contributed by atoms with E-state index in [1.54, 1.807) is 0 Å². The number of carbonyl (C=O) groups is 1. The van der Waals surface area contributed by atoms with Crippen LogP contribution in [-0.2, 0) is 10.0 Å². The SMILES string of the molecule is COc1ccc(S(=O)(=O)N2CCCCC2)cc1NC(=O)c1ccc2nc(C(F)F)[nH]c2c1. The number of nitrogens with zero attached hydrogens (tertiary/aromatic N) is 2. The fourth-order valence-electron chi connectivity index (χ4n) is 3.67. The number of fused-ring (bicyclic) bond motifs is 1. The third-order valence-electron chi connectivity index (χ3n) is 5.34. The molecule has 11 heteroatoms. The van der Waals surface area contributed by atoms with Gasteiger partial charge in [0.15, 0.2) is 5.82 Å². The molecule has 4 rings (SSSR count). The Morgan fingerprint density at radius 1 is 1.16 bits per heavy atom. The van der Waals surface area contributed by atoms with Crippen LogP contribution in [0.15, 0.2) is 41.3 Å². The van der Waals surface area contributed by atoms with Gasteiger partial charge in [0.25, 0.3) is 12.3 Å². The molecule has 0 spiro atoms. The van der Waals surface area contributed by atoms with Gasteiger partial charge in [-0.15, -0.1) is 0 Å². The van der Waals surface area contributed by atoms with E-state index in [1.807, 2.05) is 0 Å². The molecular weight excluding hydrogens is 442 g/mol. The monoisotopic (exact) mass is 464 g/mol. The average molecular weight is 464 g/mol. The summed E-state index contributed by atoms with van der Waals surface area (Å²) in [5, 5.41) is 2.66. The number of imidazole rings is 1. The summed E-state index contributed by atoms with van der Waals surface area (Å²) in [6, 6.07) is 8.62. The van der Waals surface area contributed by atoms with E-state index in [4.69, 9.17) is 4.74 Å². The number of rotatable bonds is 6. The molecule has 0 aliphatic carbocycles. The molecule has 2 heterocycles. The van der Waals surface area contributed by atoms with Crippen LogP contribution < -0.4 is 10.1 Å². The Labute approximate surface area is 183 Å². The van der Waals surface area contributed by atoms with E-state index in [0.29, 0.717) is 29.9 Å². The average Bonchev–Trinajstić information content (AvgIpc) is 3.23. The van der Waals surface area contributed by atoms with Gasteiger partial charge in [0.05, 0.1) is 28.7 Å². The lowest BCUT2D eigenvalue weighted by atomic mass is 10.2. The zero-order valence-corrected chi connectivity index (χ0v) is 18.1. The summed E-state index contributed by atoms with van der Waals surface area (Å²) in [6.45, 7) is 0.918. The van der Waals surface area contributed by atoms with Crippen molar-refractivity contribution in [2.75, 3.05) is 25.5 Å². The van der Waals surface area contributed by atoms with Crippen LogP contribution in [0.5, 0.6) is 5.75 Å². The van der Waals surface area contributed by atoms with Crippen molar-refractivity contribution in [3.05, 3.63) is 47.8 Å². The Morgan fingerprint density at radius 3 is 2.59 bits per heavy atom. The zero-order chi connectivity index (χ0) is 22.9. The Hall–Kier alpha value is -3.05. The van der Waals surface area contributed by atoms with Gasteiger partial charge >= 0.3 is 0 Å². The number of anilines is 1. The van der Waals surface area contributed by atoms with E-state index in [0.717, 1.165) is 19.3 Å². The summed E-state index contributed by atoms with van der Waals surface area (Å²) >= 11 is 0. The Morgan fingerprint density at radius 2 is 1.91 bits per heavy atom. The normalized spacial score (nSPS) is 15.2. The van der Waals surface area contributed by atoms with Gasteiger partial charge in [-0.25, -0.2) is 22.2 Å². The van der Waals surface area contributed by atoms with E-state index in [1.165, 1.54) is 47.8 Å². The standard InChI is InChI=1S/C21H22F2N4O4S/c1-31-18-8-6-14(32(29,30)27-9-3-2-4-10-27)12-17(18)26-21(28)13-5-7-15-16(11-13)25-20(24-15)19(22)23/h5-8,11-12,19H,2-4,9-10H2,1H3,(H,24,25)(H,26,28). The molecular formula is C21H22F2N4O4S. The van der Waals surface area contributed by atoms with E-state index >= 15 is 0 Å². The number of halogens is 2. The molecule has 1 saturated heterocycles. The van der Waals surface area contributed by atoms with Gasteiger partial charge in [-0.05, 0) is 49.2 Å². The van der Waals surface area contributed by atoms with Crippen molar-refractivity contribution >= 4 is 32.7 Å². The number of piperidine rings is 1. The van der Waals surface area contributed by atoms with Crippen LogP contribution in [0.25, 0.3) is 11.0 Å². The molecule has 1 aliphatic rings. The maximum Gasteiger partial charge on any atom is 0.295 e. The highest BCUT2D eigenvalue weighted by molar-refractivity contribution is 7.89. The first-order valence-corrected chi connectivity index (χ1v) is 11.5. The van der Waals surface area contributed by atoms with Gasteiger partial charge < -0.3 is 15.0 Å². The summed E-state index contributed by atoms with van der Waals surface area (Å²) < 4.78 is 58.4. The number of aromatic nitrogens is 2. The van der Waals surface area contributed by atoms with Crippen LogP contribution in [0.2, 0.25) is 0 Å². The van der Waals surface area contributed by atoms with Gasteiger partial charge in [-0.1, -0.05) is 6.42 Å². The molecule has 0 radical (unpaired) electrons. The molecule has 32 heavy (non-hydrogen) atoms. The number of alkyl halides is 2. The second kappa shape index (κ2) is 8.83. The lowest BCUT2D eigenvalue weighted by Crippen LogP contribution is -2.35. The predicted octanol–water partition coefficient (Wildman–Crippen LogP) is 3.94. The van der Waals surface area contributed by atoms with Crippen LogP contribution in [0.1, 0.15) is 41.9 Å². The molecule has 170 valence electrons. The molecule has 0 unspecified atom stereocenters. The molecule has 1 aliphatic heterocycles. The zero-order valence-electron chi connectivity index (χ0n) is 17.3. The molecule has 0 bridgehead atoms. The van der Waals surface area contributed by atoms with Crippen molar-refractivity contribution in [1.82, 2.24) is 14.3 Å². The molecule has 1 aromatic heterocycles. The molecule has 0 atom stereocenters. The molecule has 1 fully saturated rings. The van der Waals surface area contributed by atoms with E-state index in [-0.39, 0.29) is 16.1 Å². The van der Waals surface area contributed by atoms with E-state index in [9.17, 15) is 22.0 Å². The third-order valence-corrected chi connectivity index (χ3v) is 7.24. The Balaban J connectivity index is 1.62. The number of ether oxygens (including phenoxy) is 1. The topological polar surface area (TPSA) is 104 Å². The minimum Gasteiger partial charge on any atom is -0.495 e. The van der Waals surface area contributed by atoms with Crippen LogP contribution >= 0.6 is 0 Å². The first-order chi connectivity index (χ1) is 15.3. The fraction of sp³-hybridized carbons (Fsp3) is 0.333. The smallest absolute Gasteiger partial charge is 0.295 e. The number of H-pyrrole nitrogens is 1. The Bertz CT molecular complexity index is 1250. The number of carbonyl (C=O) groups excluding carboxylic acids is 1. The summed E-state index contributed by atoms with van der Waals surface area (Å²) in [4.78, 5) is 19.1. The number of methoxy groups -OCH3 is 1. The van der Waals surface area contributed by atoms with Crippen LogP contribution in [0.3, 0.4) is 0 Å². The molecule has 8 nitrogen and oxygen atoms in total. The van der Waals surface area contributed by atoms with Crippen molar-refractivity contribution in [1.29, 1.82) is 0 Å². The van der Waals surface area contributed by atoms with Gasteiger partial charge in [0.2, 0.25) is 10.0 Å². The van der Waals surface area contributed by atoms with Crippen molar-refractivity contribution in [3.63, 3.8) is 0 Å². The highest BCUT2D eigenvalue weighted by Crippen LogP contribution is 2.30. The van der Waals surface area contributed by atoms with Crippen LogP contribution in [0.4, 0.5) is 14.5 Å². The lowest BCUT2D eigenvalue weighted by molar-refractivity contribution is 0.102. The number of benzene rings is 2. The summed E-state index contributed by atoms with van der Waals surface area (Å²) in [7, 11) is -2.29. The number of hydrogen-bond donors (Lipinski definition) is 2. The van der Waals surface area contributed by atoms with Crippen molar-refractivity contribution in [2.24, 2.45) is 0 Å². The van der Waals surface area contributed by atoms with Crippen molar-refractivity contribution in [3.8, 4) is 5.75 Å². The fourth-order valence-corrected chi connectivity index (χ4v) is 5.21. The minimum absolute atomic E-state index is 0.0566. The van der Waals surface area contributed by atoms with Gasteiger partial charge in [-0.2, -0.15) is 4.31 Å². The summed E-state index contributed by atoms with van der Waals surface area (Å²) in [5.41, 5.74) is 0.979. The summed E-state index contributed by atoms with van der Waals surface area (Å²) in [6.07, 6.45) is -0.145. The van der Waals surface area contributed by atoms with Crippen molar-refractivity contribution < 1.29 is 26.7 Å². The molecule has 1 amide bonds. The quantitative estimate of drug-likeness (QED) is 0.575. The molecule has 0 saturated carbocycles. The highest BCUT2D eigenvalue weighted by Gasteiger charge is 2.27. The number of nitrogens with one attached hydrogen (secondary N) is 2. The third kappa shape index (κ3) is 4.30. The first kappa shape index (κ1) is 22.2. The number of sulfonamides is 1. The van der Waals surface area contributed by atoms with E-state index < -0.39 is 28.2 Å². The molecule has 2 aromatic carbocycles. The molecule has 2 N–H and O–H groups in total. The lowest BCUT2D eigenvalue weighted by Gasteiger charge is -2.26. The number of aromatic amines is 1. The largest absolute Gasteiger partial charge is 0.495 e. The minimum atomic E-state index is -3.70. The number of hydrogen-bond acceptors (Lipinski definition) is 5. The maximum absolute atomic E-state index is 13.0. The second-order valence-electron chi connectivity index (χ2n) is 7.44. The molecule has 3 aromatic rings. The highest BCUT2D eigenvalue weighted by atomic mass is 32.2. The maximum atomic E-state index is 13.0. The first-order valence-electron chi connectivity index (χ1n) is 10.1. The van der Waals surface area contributed by atoms with Gasteiger partial charge in [-0.3, -0.25) is 4.79 Å². The van der Waals surface area contributed by atoms with Gasteiger partial charge in [0.1, 0.15) is 5.75 Å². The Kier molecular flexibility index (Phi) is 6.11. The number of amides is 1. The van der Waals surface area contributed by atoms with Crippen LogP contribution in [-0.4, -0.2) is 48.8 Å². The van der Waals surface area contributed by atoms with Gasteiger partial charge in [0, 0.05) is 18.7 Å². The van der Waals surface area contributed by atoms with Crippen molar-refractivity contribution in [2.45, 2.75) is 30.6 Å².